The van der Waals surface area contributed by atoms with Gasteiger partial charge in [0.05, 0.1) is 0 Å². The third-order valence-electron chi connectivity index (χ3n) is 3.62. The van der Waals surface area contributed by atoms with Crippen LogP contribution in [0.25, 0.3) is 5.70 Å². The molecular weight excluding hydrogens is 398 g/mol. The topological polar surface area (TPSA) is 29.1 Å². The van der Waals surface area contributed by atoms with Crippen LogP contribution < -0.4 is 5.32 Å². The third kappa shape index (κ3) is 4.59. The van der Waals surface area contributed by atoms with Gasteiger partial charge in [-0.25, -0.2) is 0 Å². The van der Waals surface area contributed by atoms with Crippen LogP contribution in [0.2, 0.25) is 5.02 Å². The number of hydrogen-bond acceptors (Lipinski definition) is 2. The van der Waals surface area contributed by atoms with Crippen molar-refractivity contribution >= 4 is 44.7 Å². The molecule has 0 unspecified atom stereocenters. The molecule has 0 fully saturated rings. The molecule has 0 saturated carbocycles. The van der Waals surface area contributed by atoms with E-state index in [-0.39, 0.29) is 5.78 Å². The fourth-order valence-electron chi connectivity index (χ4n) is 2.37. The number of halogens is 2. The Morgan fingerprint density at radius 2 is 1.52 bits per heavy atom. The molecule has 124 valence electrons. The molecule has 0 aromatic heterocycles. The van der Waals surface area contributed by atoms with E-state index >= 15 is 0 Å². The van der Waals surface area contributed by atoms with E-state index in [1.54, 1.807) is 12.1 Å². The lowest BCUT2D eigenvalue weighted by Gasteiger charge is -2.12. The SMILES string of the molecule is O=C(/C=C(/Nc1ccc(Cl)cc1)c1ccccc1)c1ccccc1Br. The van der Waals surface area contributed by atoms with E-state index < -0.39 is 0 Å². The summed E-state index contributed by atoms with van der Waals surface area (Å²) in [6, 6.07) is 24.5. The highest BCUT2D eigenvalue weighted by Gasteiger charge is 2.10. The number of rotatable bonds is 5. The van der Waals surface area contributed by atoms with Crippen LogP contribution in [0.4, 0.5) is 5.69 Å². The summed E-state index contributed by atoms with van der Waals surface area (Å²) in [6.45, 7) is 0. The number of benzene rings is 3. The van der Waals surface area contributed by atoms with Gasteiger partial charge in [-0.3, -0.25) is 4.79 Å². The third-order valence-corrected chi connectivity index (χ3v) is 4.57. The van der Waals surface area contributed by atoms with E-state index in [4.69, 9.17) is 11.6 Å². The Labute approximate surface area is 160 Å². The molecular formula is C21H15BrClNO. The minimum absolute atomic E-state index is 0.0761. The van der Waals surface area contributed by atoms with Crippen molar-refractivity contribution in [3.05, 3.63) is 106 Å². The molecule has 0 aliphatic rings. The van der Waals surface area contributed by atoms with Gasteiger partial charge in [0, 0.05) is 32.5 Å². The molecule has 0 atom stereocenters. The van der Waals surface area contributed by atoms with Crippen molar-refractivity contribution in [3.8, 4) is 0 Å². The Balaban J connectivity index is 1.97. The van der Waals surface area contributed by atoms with Crippen LogP contribution in [0, 0.1) is 0 Å². The van der Waals surface area contributed by atoms with Crippen molar-refractivity contribution in [3.63, 3.8) is 0 Å². The largest absolute Gasteiger partial charge is 0.355 e. The van der Waals surface area contributed by atoms with Crippen molar-refractivity contribution in [2.75, 3.05) is 5.32 Å². The van der Waals surface area contributed by atoms with Crippen molar-refractivity contribution in [2.45, 2.75) is 0 Å². The summed E-state index contributed by atoms with van der Waals surface area (Å²) in [7, 11) is 0. The molecule has 0 radical (unpaired) electrons. The predicted octanol–water partition coefficient (Wildman–Crippen LogP) is 6.44. The highest BCUT2D eigenvalue weighted by atomic mass is 79.9. The van der Waals surface area contributed by atoms with Gasteiger partial charge >= 0.3 is 0 Å². The fraction of sp³-hybridized carbons (Fsp3) is 0. The predicted molar refractivity (Wildman–Crippen MR) is 108 cm³/mol. The van der Waals surface area contributed by atoms with E-state index in [0.717, 1.165) is 21.4 Å². The number of carbonyl (C=O) groups is 1. The summed E-state index contributed by atoms with van der Waals surface area (Å²) in [5.41, 5.74) is 3.13. The van der Waals surface area contributed by atoms with Crippen LogP contribution in [-0.2, 0) is 0 Å². The van der Waals surface area contributed by atoms with Gasteiger partial charge in [-0.1, -0.05) is 70.0 Å². The number of carbonyl (C=O) groups excluding carboxylic acids is 1. The molecule has 0 bridgehead atoms. The first-order valence-corrected chi connectivity index (χ1v) is 8.89. The van der Waals surface area contributed by atoms with Crippen LogP contribution in [0.5, 0.6) is 0 Å². The average Bonchev–Trinajstić information content (AvgIpc) is 2.64. The lowest BCUT2D eigenvalue weighted by atomic mass is 10.1. The van der Waals surface area contributed by atoms with Gasteiger partial charge in [0.2, 0.25) is 0 Å². The molecule has 0 aliphatic heterocycles. The van der Waals surface area contributed by atoms with Crippen LogP contribution >= 0.6 is 27.5 Å². The fourth-order valence-corrected chi connectivity index (χ4v) is 2.97. The Kier molecular flexibility index (Phi) is 5.69. The van der Waals surface area contributed by atoms with E-state index in [0.29, 0.717) is 10.6 Å². The quantitative estimate of drug-likeness (QED) is 0.386. The lowest BCUT2D eigenvalue weighted by Crippen LogP contribution is -2.04. The van der Waals surface area contributed by atoms with Crippen LogP contribution in [0.3, 0.4) is 0 Å². The van der Waals surface area contributed by atoms with Gasteiger partial charge in [0.1, 0.15) is 0 Å². The van der Waals surface area contributed by atoms with Crippen LogP contribution in [0.15, 0.2) is 89.4 Å². The zero-order valence-corrected chi connectivity index (χ0v) is 15.6. The van der Waals surface area contributed by atoms with Gasteiger partial charge in [-0.05, 0) is 42.0 Å². The summed E-state index contributed by atoms with van der Waals surface area (Å²) < 4.78 is 0.773. The monoisotopic (exact) mass is 411 g/mol. The molecule has 3 aromatic rings. The van der Waals surface area contributed by atoms with Gasteiger partial charge in [0.15, 0.2) is 5.78 Å². The summed E-state index contributed by atoms with van der Waals surface area (Å²) in [4.78, 5) is 12.7. The molecule has 0 amide bonds. The minimum atomic E-state index is -0.0761. The summed E-state index contributed by atoms with van der Waals surface area (Å²) >= 11 is 9.38. The molecule has 3 aromatic carbocycles. The molecule has 25 heavy (non-hydrogen) atoms. The normalized spacial score (nSPS) is 11.2. The molecule has 4 heteroatoms. The zero-order valence-electron chi connectivity index (χ0n) is 13.2. The Bertz CT molecular complexity index is 905. The van der Waals surface area contributed by atoms with E-state index in [1.807, 2.05) is 72.8 Å². The second-order valence-corrected chi connectivity index (χ2v) is 6.69. The van der Waals surface area contributed by atoms with Gasteiger partial charge in [0.25, 0.3) is 0 Å². The maximum absolute atomic E-state index is 12.7. The van der Waals surface area contributed by atoms with Crippen molar-refractivity contribution in [1.82, 2.24) is 0 Å². The number of hydrogen-bond donors (Lipinski definition) is 1. The molecule has 0 saturated heterocycles. The maximum atomic E-state index is 12.7. The molecule has 0 spiro atoms. The first kappa shape index (κ1) is 17.5. The number of nitrogens with one attached hydrogen (secondary N) is 1. The molecule has 3 rings (SSSR count). The Morgan fingerprint density at radius 1 is 0.880 bits per heavy atom. The van der Waals surface area contributed by atoms with Crippen molar-refractivity contribution < 1.29 is 4.79 Å². The van der Waals surface area contributed by atoms with Crippen molar-refractivity contribution in [2.24, 2.45) is 0 Å². The summed E-state index contributed by atoms with van der Waals surface area (Å²) in [5.74, 6) is -0.0761. The van der Waals surface area contributed by atoms with Crippen molar-refractivity contribution in [1.29, 1.82) is 0 Å². The minimum Gasteiger partial charge on any atom is -0.355 e. The Morgan fingerprint density at radius 3 is 2.20 bits per heavy atom. The second-order valence-electron chi connectivity index (χ2n) is 5.40. The first-order valence-electron chi connectivity index (χ1n) is 7.72. The number of ketones is 1. The molecule has 0 heterocycles. The lowest BCUT2D eigenvalue weighted by molar-refractivity contribution is 0.104. The molecule has 0 aliphatic carbocycles. The van der Waals surface area contributed by atoms with E-state index in [1.165, 1.54) is 0 Å². The highest BCUT2D eigenvalue weighted by molar-refractivity contribution is 9.10. The summed E-state index contributed by atoms with van der Waals surface area (Å²) in [5, 5.41) is 3.98. The Hall–Kier alpha value is -2.36. The van der Waals surface area contributed by atoms with Crippen LogP contribution in [0.1, 0.15) is 15.9 Å². The maximum Gasteiger partial charge on any atom is 0.189 e. The molecule has 1 N–H and O–H groups in total. The number of allylic oxidation sites excluding steroid dienone is 1. The highest BCUT2D eigenvalue weighted by Crippen LogP contribution is 2.23. The number of anilines is 1. The average molecular weight is 413 g/mol. The molecule has 2 nitrogen and oxygen atoms in total. The summed E-state index contributed by atoms with van der Waals surface area (Å²) in [6.07, 6.45) is 1.62. The van der Waals surface area contributed by atoms with Gasteiger partial charge < -0.3 is 5.32 Å². The van der Waals surface area contributed by atoms with Gasteiger partial charge in [-0.2, -0.15) is 0 Å². The van der Waals surface area contributed by atoms with Gasteiger partial charge in [-0.15, -0.1) is 0 Å². The zero-order chi connectivity index (χ0) is 17.6. The first-order chi connectivity index (χ1) is 12.1. The standard InChI is InChI=1S/C21H15BrClNO/c22-19-9-5-4-8-18(19)21(25)14-20(15-6-2-1-3-7-15)24-17-12-10-16(23)11-13-17/h1-14,24H/b20-14+. The van der Waals surface area contributed by atoms with Crippen LogP contribution in [-0.4, -0.2) is 5.78 Å². The second kappa shape index (κ2) is 8.15. The van der Waals surface area contributed by atoms with E-state index in [2.05, 4.69) is 21.2 Å². The van der Waals surface area contributed by atoms with E-state index in [9.17, 15) is 4.79 Å². The smallest absolute Gasteiger partial charge is 0.189 e.